The third-order valence-corrected chi connectivity index (χ3v) is 4.28. The molecule has 0 saturated carbocycles. The van der Waals surface area contributed by atoms with Crippen LogP contribution in [-0.4, -0.2) is 24.5 Å². The van der Waals surface area contributed by atoms with Gasteiger partial charge in [-0.2, -0.15) is 0 Å². The summed E-state index contributed by atoms with van der Waals surface area (Å²) in [7, 11) is 0. The molecule has 0 saturated heterocycles. The number of anilines is 1. The SMILES string of the molecule is CCCCOc1ccccc1C(=O)Nc1ccc(C(=O)NC(C)CC)cc1. The van der Waals surface area contributed by atoms with Gasteiger partial charge in [0, 0.05) is 17.3 Å². The second-order valence-corrected chi connectivity index (χ2v) is 6.51. The first kappa shape index (κ1) is 20.5. The quantitative estimate of drug-likeness (QED) is 0.633. The van der Waals surface area contributed by atoms with Crippen LogP contribution in [0, 0.1) is 0 Å². The first-order valence-corrected chi connectivity index (χ1v) is 9.49. The Kier molecular flexibility index (Phi) is 7.86. The summed E-state index contributed by atoms with van der Waals surface area (Å²) >= 11 is 0. The fraction of sp³-hybridized carbons (Fsp3) is 0.364. The molecule has 1 unspecified atom stereocenters. The minimum atomic E-state index is -0.237. The minimum absolute atomic E-state index is 0.114. The van der Waals surface area contributed by atoms with E-state index in [9.17, 15) is 9.59 Å². The number of carbonyl (C=O) groups is 2. The zero-order chi connectivity index (χ0) is 19.6. The Morgan fingerprint density at radius 3 is 2.37 bits per heavy atom. The van der Waals surface area contributed by atoms with Crippen molar-refractivity contribution < 1.29 is 14.3 Å². The highest BCUT2D eigenvalue weighted by Crippen LogP contribution is 2.20. The Hall–Kier alpha value is -2.82. The Bertz CT molecular complexity index is 756. The third-order valence-electron chi connectivity index (χ3n) is 4.28. The Labute approximate surface area is 161 Å². The number of carbonyl (C=O) groups excluding carboxylic acids is 2. The molecule has 0 aliphatic carbocycles. The Morgan fingerprint density at radius 2 is 1.70 bits per heavy atom. The van der Waals surface area contributed by atoms with Crippen LogP contribution >= 0.6 is 0 Å². The predicted octanol–water partition coefficient (Wildman–Crippen LogP) is 4.65. The van der Waals surface area contributed by atoms with Gasteiger partial charge in [0.1, 0.15) is 5.75 Å². The largest absolute Gasteiger partial charge is 0.493 e. The van der Waals surface area contributed by atoms with Gasteiger partial charge in [0.25, 0.3) is 11.8 Å². The number of hydrogen-bond donors (Lipinski definition) is 2. The van der Waals surface area contributed by atoms with Crippen LogP contribution < -0.4 is 15.4 Å². The number of para-hydroxylation sites is 1. The lowest BCUT2D eigenvalue weighted by Gasteiger charge is -2.13. The van der Waals surface area contributed by atoms with Crippen molar-refractivity contribution in [2.45, 2.75) is 46.1 Å². The van der Waals surface area contributed by atoms with Crippen molar-refractivity contribution in [3.8, 4) is 5.75 Å². The predicted molar refractivity (Wildman–Crippen MR) is 108 cm³/mol. The number of nitrogens with one attached hydrogen (secondary N) is 2. The van der Waals surface area contributed by atoms with Crippen LogP contribution in [0.2, 0.25) is 0 Å². The lowest BCUT2D eigenvalue weighted by Crippen LogP contribution is -2.31. The minimum Gasteiger partial charge on any atom is -0.493 e. The number of rotatable bonds is 9. The first-order valence-electron chi connectivity index (χ1n) is 9.49. The summed E-state index contributed by atoms with van der Waals surface area (Å²) in [6.45, 7) is 6.66. The maximum atomic E-state index is 12.6. The molecule has 2 aromatic rings. The van der Waals surface area contributed by atoms with E-state index in [4.69, 9.17) is 4.74 Å². The highest BCUT2D eigenvalue weighted by atomic mass is 16.5. The van der Waals surface area contributed by atoms with Gasteiger partial charge in [-0.25, -0.2) is 0 Å². The average molecular weight is 368 g/mol. The molecule has 2 amide bonds. The van der Waals surface area contributed by atoms with E-state index in [1.165, 1.54) is 0 Å². The topological polar surface area (TPSA) is 67.4 Å². The molecular weight excluding hydrogens is 340 g/mol. The zero-order valence-corrected chi connectivity index (χ0v) is 16.2. The molecule has 0 aliphatic rings. The number of hydrogen-bond acceptors (Lipinski definition) is 3. The lowest BCUT2D eigenvalue weighted by molar-refractivity contribution is 0.0938. The van der Waals surface area contributed by atoms with Gasteiger partial charge in [-0.05, 0) is 56.2 Å². The van der Waals surface area contributed by atoms with Crippen molar-refractivity contribution in [2.75, 3.05) is 11.9 Å². The molecule has 0 aromatic heterocycles. The molecule has 0 aliphatic heterocycles. The molecule has 0 radical (unpaired) electrons. The molecule has 2 aromatic carbocycles. The number of benzene rings is 2. The fourth-order valence-corrected chi connectivity index (χ4v) is 2.42. The maximum absolute atomic E-state index is 12.6. The summed E-state index contributed by atoms with van der Waals surface area (Å²) < 4.78 is 5.72. The van der Waals surface area contributed by atoms with E-state index in [1.807, 2.05) is 26.0 Å². The van der Waals surface area contributed by atoms with E-state index in [2.05, 4.69) is 17.6 Å². The smallest absolute Gasteiger partial charge is 0.259 e. The molecule has 2 N–H and O–H groups in total. The van der Waals surface area contributed by atoms with Gasteiger partial charge in [0.2, 0.25) is 0 Å². The molecule has 5 nitrogen and oxygen atoms in total. The normalized spacial score (nSPS) is 11.5. The standard InChI is InChI=1S/C22H28N2O3/c1-4-6-15-27-20-10-8-7-9-19(20)22(26)24-18-13-11-17(12-14-18)21(25)23-16(3)5-2/h7-14,16H,4-6,15H2,1-3H3,(H,23,25)(H,24,26). The van der Waals surface area contributed by atoms with Crippen LogP contribution in [0.5, 0.6) is 5.75 Å². The molecule has 0 heterocycles. The van der Waals surface area contributed by atoms with Crippen molar-refractivity contribution in [2.24, 2.45) is 0 Å². The van der Waals surface area contributed by atoms with Crippen molar-refractivity contribution in [1.29, 1.82) is 0 Å². The van der Waals surface area contributed by atoms with Crippen molar-refractivity contribution in [3.05, 3.63) is 59.7 Å². The van der Waals surface area contributed by atoms with E-state index in [0.29, 0.717) is 29.2 Å². The van der Waals surface area contributed by atoms with E-state index >= 15 is 0 Å². The second-order valence-electron chi connectivity index (χ2n) is 6.51. The van der Waals surface area contributed by atoms with Gasteiger partial charge in [-0.1, -0.05) is 32.4 Å². The average Bonchev–Trinajstić information content (AvgIpc) is 2.69. The summed E-state index contributed by atoms with van der Waals surface area (Å²) in [5, 5.41) is 5.78. The molecule has 2 rings (SSSR count). The molecule has 1 atom stereocenters. The fourth-order valence-electron chi connectivity index (χ4n) is 2.42. The molecule has 0 spiro atoms. The third kappa shape index (κ3) is 6.13. The number of ether oxygens (including phenoxy) is 1. The zero-order valence-electron chi connectivity index (χ0n) is 16.2. The van der Waals surface area contributed by atoms with Crippen molar-refractivity contribution in [1.82, 2.24) is 5.32 Å². The maximum Gasteiger partial charge on any atom is 0.259 e. The Balaban J connectivity index is 2.03. The first-order chi connectivity index (χ1) is 13.0. The summed E-state index contributed by atoms with van der Waals surface area (Å²) in [5.41, 5.74) is 1.69. The van der Waals surface area contributed by atoms with Crippen LogP contribution in [0.15, 0.2) is 48.5 Å². The van der Waals surface area contributed by atoms with Crippen molar-refractivity contribution in [3.63, 3.8) is 0 Å². The molecule has 27 heavy (non-hydrogen) atoms. The summed E-state index contributed by atoms with van der Waals surface area (Å²) in [5.74, 6) is 0.226. The molecule has 0 fully saturated rings. The molecule has 144 valence electrons. The monoisotopic (exact) mass is 368 g/mol. The number of amides is 2. The lowest BCUT2D eigenvalue weighted by atomic mass is 10.1. The summed E-state index contributed by atoms with van der Waals surface area (Å²) in [4.78, 5) is 24.7. The second kappa shape index (κ2) is 10.4. The van der Waals surface area contributed by atoms with Crippen LogP contribution in [-0.2, 0) is 0 Å². The number of unbranched alkanes of at least 4 members (excludes halogenated alkanes) is 1. The van der Waals surface area contributed by atoms with Gasteiger partial charge in [-0.3, -0.25) is 9.59 Å². The van der Waals surface area contributed by atoms with Crippen molar-refractivity contribution >= 4 is 17.5 Å². The van der Waals surface area contributed by atoms with Gasteiger partial charge in [0.15, 0.2) is 0 Å². The van der Waals surface area contributed by atoms with Crippen LogP contribution in [0.25, 0.3) is 0 Å². The molecular formula is C22H28N2O3. The highest BCUT2D eigenvalue weighted by molar-refractivity contribution is 6.06. The highest BCUT2D eigenvalue weighted by Gasteiger charge is 2.13. The summed E-state index contributed by atoms with van der Waals surface area (Å²) in [6, 6.07) is 14.2. The van der Waals surface area contributed by atoms with E-state index in [0.717, 1.165) is 19.3 Å². The van der Waals surface area contributed by atoms with E-state index in [1.54, 1.807) is 36.4 Å². The molecule has 5 heteroatoms. The summed E-state index contributed by atoms with van der Waals surface area (Å²) in [6.07, 6.45) is 2.85. The van der Waals surface area contributed by atoms with Gasteiger partial charge in [-0.15, -0.1) is 0 Å². The van der Waals surface area contributed by atoms with Gasteiger partial charge < -0.3 is 15.4 Å². The Morgan fingerprint density at radius 1 is 1.00 bits per heavy atom. The molecule has 0 bridgehead atoms. The van der Waals surface area contributed by atoms with Crippen LogP contribution in [0.3, 0.4) is 0 Å². The van der Waals surface area contributed by atoms with Gasteiger partial charge in [0.05, 0.1) is 12.2 Å². The van der Waals surface area contributed by atoms with Crippen LogP contribution in [0.1, 0.15) is 60.7 Å². The van der Waals surface area contributed by atoms with Gasteiger partial charge >= 0.3 is 0 Å². The van der Waals surface area contributed by atoms with E-state index in [-0.39, 0.29) is 17.9 Å². The van der Waals surface area contributed by atoms with Crippen LogP contribution in [0.4, 0.5) is 5.69 Å². The van der Waals surface area contributed by atoms with E-state index < -0.39 is 0 Å².